The van der Waals surface area contributed by atoms with E-state index in [-0.39, 0.29) is 0 Å². The molecule has 0 aliphatic carbocycles. The molecule has 0 fully saturated rings. The summed E-state index contributed by atoms with van der Waals surface area (Å²) in [6, 6.07) is 11.6. The molecule has 2 rings (SSSR count). The molecule has 1 aromatic carbocycles. The summed E-state index contributed by atoms with van der Waals surface area (Å²) in [7, 11) is 0. The molecule has 0 bridgehead atoms. The van der Waals surface area contributed by atoms with Gasteiger partial charge in [0.05, 0.1) is 0 Å². The zero-order valence-electron chi connectivity index (χ0n) is 7.75. The number of benzene rings is 1. The van der Waals surface area contributed by atoms with Crippen molar-refractivity contribution < 1.29 is 0 Å². The van der Waals surface area contributed by atoms with Gasteiger partial charge in [-0.05, 0) is 13.0 Å². The van der Waals surface area contributed by atoms with Gasteiger partial charge < -0.3 is 4.57 Å². The second-order valence-corrected chi connectivity index (χ2v) is 3.13. The van der Waals surface area contributed by atoms with Gasteiger partial charge in [0, 0.05) is 29.2 Å². The molecular weight excluding hydrogens is 158 g/mol. The van der Waals surface area contributed by atoms with Crippen LogP contribution >= 0.6 is 0 Å². The van der Waals surface area contributed by atoms with Gasteiger partial charge in [-0.15, -0.1) is 6.58 Å². The van der Waals surface area contributed by atoms with Crippen molar-refractivity contribution in [3.8, 4) is 0 Å². The van der Waals surface area contributed by atoms with Gasteiger partial charge in [-0.1, -0.05) is 24.3 Å². The molecule has 0 saturated heterocycles. The highest BCUT2D eigenvalue weighted by molar-refractivity contribution is 5.80. The molecule has 1 nitrogen and oxygen atoms in total. The molecule has 65 valence electrons. The molecule has 1 aromatic heterocycles. The fourth-order valence-electron chi connectivity index (χ4n) is 1.62. The smallest absolute Gasteiger partial charge is 0.0491 e. The molecule has 0 saturated carbocycles. The van der Waals surface area contributed by atoms with Crippen LogP contribution in [0.4, 0.5) is 0 Å². The normalized spacial score (nSPS) is 10.5. The van der Waals surface area contributed by atoms with E-state index in [0.717, 1.165) is 6.54 Å². The molecule has 0 amide bonds. The Kier molecular flexibility index (Phi) is 1.93. The highest BCUT2D eigenvalue weighted by Crippen LogP contribution is 2.17. The van der Waals surface area contributed by atoms with Crippen LogP contribution in [0, 0.1) is 13.0 Å². The van der Waals surface area contributed by atoms with Crippen LogP contribution in [0.15, 0.2) is 36.9 Å². The molecule has 13 heavy (non-hydrogen) atoms. The van der Waals surface area contributed by atoms with Crippen LogP contribution < -0.4 is 0 Å². The number of aromatic nitrogens is 1. The second kappa shape index (κ2) is 3.09. The van der Waals surface area contributed by atoms with Crippen molar-refractivity contribution in [2.45, 2.75) is 13.5 Å². The zero-order valence-corrected chi connectivity index (χ0v) is 7.75. The zero-order chi connectivity index (χ0) is 9.26. The SMILES string of the molecule is C=CCn1c(C)[c]c2ccccc21. The average Bonchev–Trinajstić information content (AvgIpc) is 2.44. The Balaban J connectivity index is 2.70. The van der Waals surface area contributed by atoms with Crippen LogP contribution in [-0.4, -0.2) is 4.57 Å². The Hall–Kier alpha value is -1.50. The standard InChI is InChI=1S/C12H12N/c1-3-8-13-10(2)9-11-6-4-5-7-12(11)13/h3-7H,1,8H2,2H3. The Morgan fingerprint density at radius 1 is 1.46 bits per heavy atom. The average molecular weight is 170 g/mol. The van der Waals surface area contributed by atoms with Crippen molar-refractivity contribution in [1.82, 2.24) is 4.57 Å². The third-order valence-electron chi connectivity index (χ3n) is 2.23. The molecule has 0 atom stereocenters. The number of hydrogen-bond donors (Lipinski definition) is 0. The quantitative estimate of drug-likeness (QED) is 0.611. The monoisotopic (exact) mass is 170 g/mol. The summed E-state index contributed by atoms with van der Waals surface area (Å²) in [4.78, 5) is 0. The Bertz CT molecular complexity index is 437. The van der Waals surface area contributed by atoms with E-state index < -0.39 is 0 Å². The highest BCUT2D eigenvalue weighted by atomic mass is 15.0. The van der Waals surface area contributed by atoms with Crippen LogP contribution in [0.1, 0.15) is 5.69 Å². The molecule has 1 heteroatoms. The van der Waals surface area contributed by atoms with E-state index in [4.69, 9.17) is 0 Å². The van der Waals surface area contributed by atoms with Crippen LogP contribution in [-0.2, 0) is 6.54 Å². The summed E-state index contributed by atoms with van der Waals surface area (Å²) in [5, 5.41) is 1.18. The maximum Gasteiger partial charge on any atom is 0.0491 e. The van der Waals surface area contributed by atoms with Crippen LogP contribution in [0.3, 0.4) is 0 Å². The molecule has 2 aromatic rings. The van der Waals surface area contributed by atoms with Gasteiger partial charge in [0.1, 0.15) is 0 Å². The van der Waals surface area contributed by atoms with Crippen molar-refractivity contribution in [2.75, 3.05) is 0 Å². The van der Waals surface area contributed by atoms with Crippen molar-refractivity contribution in [2.24, 2.45) is 0 Å². The van der Waals surface area contributed by atoms with Gasteiger partial charge in [-0.2, -0.15) is 0 Å². The fraction of sp³-hybridized carbons (Fsp3) is 0.167. The Morgan fingerprint density at radius 2 is 2.23 bits per heavy atom. The number of nitrogens with zero attached hydrogens (tertiary/aromatic N) is 1. The van der Waals surface area contributed by atoms with Crippen molar-refractivity contribution in [3.63, 3.8) is 0 Å². The maximum absolute atomic E-state index is 3.75. The third kappa shape index (κ3) is 1.26. The number of aryl methyl sites for hydroxylation is 1. The summed E-state index contributed by atoms with van der Waals surface area (Å²) < 4.78 is 2.21. The van der Waals surface area contributed by atoms with E-state index in [1.807, 2.05) is 12.1 Å². The minimum absolute atomic E-state index is 0.857. The maximum atomic E-state index is 3.75. The van der Waals surface area contributed by atoms with E-state index in [1.54, 1.807) is 0 Å². The van der Waals surface area contributed by atoms with Crippen molar-refractivity contribution in [1.29, 1.82) is 0 Å². The van der Waals surface area contributed by atoms with Gasteiger partial charge in [-0.3, -0.25) is 0 Å². The summed E-state index contributed by atoms with van der Waals surface area (Å²) in [5.74, 6) is 0. The van der Waals surface area contributed by atoms with E-state index in [9.17, 15) is 0 Å². The minimum Gasteiger partial charge on any atom is -0.340 e. The third-order valence-corrected chi connectivity index (χ3v) is 2.23. The summed E-state index contributed by atoms with van der Waals surface area (Å²) in [6.45, 7) is 6.68. The molecule has 0 N–H and O–H groups in total. The highest BCUT2D eigenvalue weighted by Gasteiger charge is 2.02. The molecule has 0 spiro atoms. The number of fused-ring (bicyclic) bond motifs is 1. The fourth-order valence-corrected chi connectivity index (χ4v) is 1.62. The molecule has 1 radical (unpaired) electrons. The van der Waals surface area contributed by atoms with Crippen LogP contribution in [0.5, 0.6) is 0 Å². The van der Waals surface area contributed by atoms with E-state index in [2.05, 4.69) is 42.3 Å². The second-order valence-electron chi connectivity index (χ2n) is 3.13. The van der Waals surface area contributed by atoms with E-state index in [1.165, 1.54) is 16.6 Å². The van der Waals surface area contributed by atoms with Gasteiger partial charge in [0.25, 0.3) is 0 Å². The molecule has 0 aliphatic heterocycles. The predicted molar refractivity (Wildman–Crippen MR) is 55.7 cm³/mol. The lowest BCUT2D eigenvalue weighted by Crippen LogP contribution is -1.96. The molecule has 0 unspecified atom stereocenters. The first-order valence-electron chi connectivity index (χ1n) is 4.41. The lowest BCUT2D eigenvalue weighted by atomic mass is 10.2. The van der Waals surface area contributed by atoms with Crippen molar-refractivity contribution >= 4 is 10.9 Å². The lowest BCUT2D eigenvalue weighted by molar-refractivity contribution is 0.828. The number of para-hydroxylation sites is 1. The van der Waals surface area contributed by atoms with Crippen molar-refractivity contribution in [3.05, 3.63) is 48.7 Å². The first-order valence-corrected chi connectivity index (χ1v) is 4.41. The Labute approximate surface area is 78.3 Å². The van der Waals surface area contributed by atoms with Gasteiger partial charge in [-0.25, -0.2) is 0 Å². The van der Waals surface area contributed by atoms with Gasteiger partial charge in [0.15, 0.2) is 0 Å². The summed E-state index contributed by atoms with van der Waals surface area (Å²) >= 11 is 0. The lowest BCUT2D eigenvalue weighted by Gasteiger charge is -2.03. The summed E-state index contributed by atoms with van der Waals surface area (Å²) in [5.41, 5.74) is 2.40. The molecule has 1 heterocycles. The predicted octanol–water partition coefficient (Wildman–Crippen LogP) is 2.94. The minimum atomic E-state index is 0.857. The number of allylic oxidation sites excluding steroid dienone is 1. The summed E-state index contributed by atoms with van der Waals surface area (Å²) in [6.07, 6.45) is 1.91. The first-order chi connectivity index (χ1) is 6.33. The van der Waals surface area contributed by atoms with Crippen LogP contribution in [0.2, 0.25) is 0 Å². The molecular formula is C12H12N. The van der Waals surface area contributed by atoms with E-state index >= 15 is 0 Å². The number of rotatable bonds is 2. The molecule has 0 aliphatic rings. The van der Waals surface area contributed by atoms with Gasteiger partial charge >= 0.3 is 0 Å². The largest absolute Gasteiger partial charge is 0.340 e. The van der Waals surface area contributed by atoms with Crippen LogP contribution in [0.25, 0.3) is 10.9 Å². The van der Waals surface area contributed by atoms with E-state index in [0.29, 0.717) is 0 Å². The number of hydrogen-bond acceptors (Lipinski definition) is 0. The topological polar surface area (TPSA) is 4.93 Å². The van der Waals surface area contributed by atoms with Gasteiger partial charge in [0.2, 0.25) is 0 Å². The Morgan fingerprint density at radius 3 is 3.00 bits per heavy atom. The first kappa shape index (κ1) is 8.11.